The van der Waals surface area contributed by atoms with E-state index in [0.717, 1.165) is 11.1 Å². The van der Waals surface area contributed by atoms with Gasteiger partial charge in [0.2, 0.25) is 5.91 Å². The first kappa shape index (κ1) is 29.8. The zero-order chi connectivity index (χ0) is 28.5. The van der Waals surface area contributed by atoms with Crippen molar-refractivity contribution in [1.82, 2.24) is 10.2 Å². The van der Waals surface area contributed by atoms with E-state index < -0.39 is 6.04 Å². The highest BCUT2D eigenvalue weighted by atomic mass is 35.5. The SMILES string of the molecule is O=C(NCc1ccc(Cl)cc1Cl)[C@H](Cc1ccccc1)N(Cc1ccc(Cl)cc1)C(=O)COc1ccccc1Cl. The fourth-order valence-corrected chi connectivity index (χ4v) is 4.88. The van der Waals surface area contributed by atoms with Gasteiger partial charge in [-0.25, -0.2) is 0 Å². The van der Waals surface area contributed by atoms with E-state index in [-0.39, 0.29) is 37.9 Å². The molecule has 2 amide bonds. The molecule has 0 heterocycles. The summed E-state index contributed by atoms with van der Waals surface area (Å²) in [7, 11) is 0. The highest BCUT2D eigenvalue weighted by Gasteiger charge is 2.31. The molecule has 9 heteroatoms. The van der Waals surface area contributed by atoms with Crippen LogP contribution in [0, 0.1) is 0 Å². The molecule has 0 bridgehead atoms. The number of halogens is 4. The second-order valence-electron chi connectivity index (χ2n) is 9.03. The Labute approximate surface area is 253 Å². The first-order chi connectivity index (χ1) is 19.3. The van der Waals surface area contributed by atoms with E-state index in [4.69, 9.17) is 51.1 Å². The number of rotatable bonds is 11. The van der Waals surface area contributed by atoms with Gasteiger partial charge < -0.3 is 15.0 Å². The lowest BCUT2D eigenvalue weighted by atomic mass is 10.0. The van der Waals surface area contributed by atoms with E-state index in [1.54, 1.807) is 54.6 Å². The van der Waals surface area contributed by atoms with Gasteiger partial charge in [0.15, 0.2) is 6.61 Å². The summed E-state index contributed by atoms with van der Waals surface area (Å²) in [5.41, 5.74) is 2.41. The Morgan fingerprint density at radius 2 is 1.43 bits per heavy atom. The topological polar surface area (TPSA) is 58.6 Å². The minimum Gasteiger partial charge on any atom is -0.482 e. The molecule has 4 rings (SSSR count). The number of amides is 2. The van der Waals surface area contributed by atoms with E-state index in [1.165, 1.54) is 4.90 Å². The quantitative estimate of drug-likeness (QED) is 0.189. The Kier molecular flexibility index (Phi) is 10.7. The molecule has 206 valence electrons. The molecule has 0 unspecified atom stereocenters. The number of nitrogens with one attached hydrogen (secondary N) is 1. The number of hydrogen-bond donors (Lipinski definition) is 1. The minimum absolute atomic E-state index is 0.161. The van der Waals surface area contributed by atoms with Crippen molar-refractivity contribution in [2.24, 2.45) is 0 Å². The summed E-state index contributed by atoms with van der Waals surface area (Å²) in [5, 5.41) is 4.85. The van der Waals surface area contributed by atoms with E-state index in [1.807, 2.05) is 42.5 Å². The summed E-state index contributed by atoms with van der Waals surface area (Å²) in [6.45, 7) is 0.0205. The molecule has 0 saturated heterocycles. The number of hydrogen-bond acceptors (Lipinski definition) is 3. The van der Waals surface area contributed by atoms with Gasteiger partial charge in [-0.2, -0.15) is 0 Å². The summed E-state index contributed by atoms with van der Waals surface area (Å²) in [4.78, 5) is 29.0. The Morgan fingerprint density at radius 1 is 0.750 bits per heavy atom. The predicted molar refractivity (Wildman–Crippen MR) is 161 cm³/mol. The van der Waals surface area contributed by atoms with Gasteiger partial charge in [-0.15, -0.1) is 0 Å². The molecule has 5 nitrogen and oxygen atoms in total. The van der Waals surface area contributed by atoms with Crippen LogP contribution in [-0.4, -0.2) is 29.4 Å². The van der Waals surface area contributed by atoms with Gasteiger partial charge >= 0.3 is 0 Å². The molecule has 4 aromatic rings. The van der Waals surface area contributed by atoms with Crippen molar-refractivity contribution in [3.05, 3.63) is 134 Å². The third-order valence-corrected chi connectivity index (χ3v) is 7.34. The molecule has 0 aromatic heterocycles. The van der Waals surface area contributed by atoms with Gasteiger partial charge in [-0.3, -0.25) is 9.59 Å². The van der Waals surface area contributed by atoms with Gasteiger partial charge in [0.25, 0.3) is 5.91 Å². The van der Waals surface area contributed by atoms with Gasteiger partial charge in [-0.05, 0) is 53.1 Å². The lowest BCUT2D eigenvalue weighted by Crippen LogP contribution is -2.51. The molecule has 40 heavy (non-hydrogen) atoms. The maximum Gasteiger partial charge on any atom is 0.261 e. The van der Waals surface area contributed by atoms with Crippen molar-refractivity contribution < 1.29 is 14.3 Å². The monoisotopic (exact) mass is 614 g/mol. The average molecular weight is 616 g/mol. The second kappa shape index (κ2) is 14.4. The predicted octanol–water partition coefficient (Wildman–Crippen LogP) is 7.64. The number of ether oxygens (including phenoxy) is 1. The summed E-state index contributed by atoms with van der Waals surface area (Å²) in [5.74, 6) is -0.337. The molecule has 1 N–H and O–H groups in total. The molecule has 0 aliphatic carbocycles. The van der Waals surface area contributed by atoms with Crippen molar-refractivity contribution in [1.29, 1.82) is 0 Å². The number of nitrogens with zero attached hydrogens (tertiary/aromatic N) is 1. The number of benzene rings is 4. The fourth-order valence-electron chi connectivity index (χ4n) is 4.09. The fraction of sp³-hybridized carbons (Fsp3) is 0.161. The molecular formula is C31H26Cl4N2O3. The molecular weight excluding hydrogens is 590 g/mol. The van der Waals surface area contributed by atoms with Crippen LogP contribution in [-0.2, 0) is 29.1 Å². The van der Waals surface area contributed by atoms with E-state index >= 15 is 0 Å². The van der Waals surface area contributed by atoms with Crippen LogP contribution in [0.25, 0.3) is 0 Å². The first-order valence-electron chi connectivity index (χ1n) is 12.5. The van der Waals surface area contributed by atoms with Crippen molar-refractivity contribution >= 4 is 58.2 Å². The minimum atomic E-state index is -0.855. The van der Waals surface area contributed by atoms with Gasteiger partial charge in [-0.1, -0.05) is 107 Å². The molecule has 0 spiro atoms. The Bertz CT molecular complexity index is 1450. The Morgan fingerprint density at radius 3 is 2.12 bits per heavy atom. The Hall–Kier alpha value is -3.22. The zero-order valence-electron chi connectivity index (χ0n) is 21.3. The third-order valence-electron chi connectivity index (χ3n) is 6.19. The summed E-state index contributed by atoms with van der Waals surface area (Å²) in [6.07, 6.45) is 0.284. The number of carbonyl (C=O) groups excluding carboxylic acids is 2. The van der Waals surface area contributed by atoms with Crippen LogP contribution in [0.2, 0.25) is 20.1 Å². The van der Waals surface area contributed by atoms with Crippen LogP contribution < -0.4 is 10.1 Å². The first-order valence-corrected chi connectivity index (χ1v) is 14.0. The van der Waals surface area contributed by atoms with Crippen LogP contribution in [0.1, 0.15) is 16.7 Å². The van der Waals surface area contributed by atoms with Crippen molar-refractivity contribution in [2.75, 3.05) is 6.61 Å². The van der Waals surface area contributed by atoms with Crippen LogP contribution in [0.4, 0.5) is 0 Å². The Balaban J connectivity index is 1.62. The van der Waals surface area contributed by atoms with Crippen LogP contribution in [0.3, 0.4) is 0 Å². The second-order valence-corrected chi connectivity index (χ2v) is 10.7. The highest BCUT2D eigenvalue weighted by molar-refractivity contribution is 6.35. The van der Waals surface area contributed by atoms with Crippen LogP contribution >= 0.6 is 46.4 Å². The summed E-state index contributed by atoms with van der Waals surface area (Å²) < 4.78 is 5.77. The van der Waals surface area contributed by atoms with Crippen molar-refractivity contribution in [3.63, 3.8) is 0 Å². The molecule has 0 aliphatic heterocycles. The molecule has 0 fully saturated rings. The average Bonchev–Trinajstić information content (AvgIpc) is 2.95. The van der Waals surface area contributed by atoms with Crippen molar-refractivity contribution in [3.8, 4) is 5.75 Å². The number of carbonyl (C=O) groups is 2. The van der Waals surface area contributed by atoms with E-state index in [2.05, 4.69) is 5.32 Å². The van der Waals surface area contributed by atoms with Gasteiger partial charge in [0.1, 0.15) is 11.8 Å². The zero-order valence-corrected chi connectivity index (χ0v) is 24.4. The summed E-state index contributed by atoms with van der Waals surface area (Å²) in [6, 6.07) is 27.8. The maximum absolute atomic E-state index is 13.8. The van der Waals surface area contributed by atoms with Gasteiger partial charge in [0.05, 0.1) is 5.02 Å². The van der Waals surface area contributed by atoms with Gasteiger partial charge in [0, 0.05) is 34.6 Å². The standard InChI is InChI=1S/C31H26Cl4N2O3/c32-24-13-10-22(11-14-24)19-37(30(38)20-40-29-9-5-4-8-26(29)34)28(16-21-6-2-1-3-7-21)31(39)36-18-23-12-15-25(33)17-27(23)35/h1-15,17,28H,16,18-20H2,(H,36,39)/t28-/m0/s1. The van der Waals surface area contributed by atoms with Crippen molar-refractivity contribution in [2.45, 2.75) is 25.6 Å². The number of para-hydroxylation sites is 1. The summed E-state index contributed by atoms with van der Waals surface area (Å²) >= 11 is 24.7. The van der Waals surface area contributed by atoms with Crippen LogP contribution in [0.15, 0.2) is 97.1 Å². The normalized spacial score (nSPS) is 11.5. The highest BCUT2D eigenvalue weighted by Crippen LogP contribution is 2.24. The third kappa shape index (κ3) is 8.39. The largest absolute Gasteiger partial charge is 0.482 e. The van der Waals surface area contributed by atoms with E-state index in [0.29, 0.717) is 31.4 Å². The molecule has 0 saturated carbocycles. The lowest BCUT2D eigenvalue weighted by molar-refractivity contribution is -0.142. The lowest BCUT2D eigenvalue weighted by Gasteiger charge is -2.31. The smallest absolute Gasteiger partial charge is 0.261 e. The van der Waals surface area contributed by atoms with E-state index in [9.17, 15) is 9.59 Å². The molecule has 4 aromatic carbocycles. The maximum atomic E-state index is 13.8. The molecule has 1 atom stereocenters. The molecule has 0 aliphatic rings. The molecule has 0 radical (unpaired) electrons. The van der Waals surface area contributed by atoms with Crippen LogP contribution in [0.5, 0.6) is 5.75 Å².